The lowest BCUT2D eigenvalue weighted by Crippen LogP contribution is -2.35. The molecule has 0 fully saturated rings. The molecule has 0 saturated heterocycles. The van der Waals surface area contributed by atoms with Crippen LogP contribution in [0.1, 0.15) is 24.0 Å². The fraction of sp³-hybridized carbons (Fsp3) is 0.211. The van der Waals surface area contributed by atoms with Crippen molar-refractivity contribution in [2.24, 2.45) is 0 Å². The smallest absolute Gasteiger partial charge is 0.348 e. The molecule has 26 heavy (non-hydrogen) atoms. The van der Waals surface area contributed by atoms with Gasteiger partial charge in [-0.15, -0.1) is 0 Å². The Labute approximate surface area is 147 Å². The molecule has 2 aromatic heterocycles. The van der Waals surface area contributed by atoms with E-state index in [1.807, 2.05) is 0 Å². The summed E-state index contributed by atoms with van der Waals surface area (Å²) >= 11 is 0. The Hall–Kier alpha value is -3.35. The number of aromatic amines is 1. The molecular weight excluding hydrogens is 338 g/mol. The summed E-state index contributed by atoms with van der Waals surface area (Å²) in [4.78, 5) is 40.0. The summed E-state index contributed by atoms with van der Waals surface area (Å²) in [6.45, 7) is 1.83. The Balaban J connectivity index is 2.00. The molecule has 0 aliphatic carbocycles. The summed E-state index contributed by atoms with van der Waals surface area (Å²) in [7, 11) is 0. The van der Waals surface area contributed by atoms with Crippen molar-refractivity contribution in [3.8, 4) is 5.75 Å². The molecule has 7 heteroatoms. The second kappa shape index (κ2) is 6.18. The minimum absolute atomic E-state index is 0.151. The van der Waals surface area contributed by atoms with Crippen LogP contribution < -0.4 is 15.9 Å². The molecule has 0 bridgehead atoms. The molecule has 1 aliphatic heterocycles. The number of aromatic nitrogens is 1. The maximum atomic E-state index is 12.6. The molecule has 1 aliphatic rings. The minimum atomic E-state index is -1.14. The third kappa shape index (κ3) is 2.40. The predicted molar refractivity (Wildman–Crippen MR) is 92.4 cm³/mol. The molecule has 1 aromatic carbocycles. The number of hydrogen-bond donors (Lipinski definition) is 1. The highest BCUT2D eigenvalue weighted by Crippen LogP contribution is 2.43. The van der Waals surface area contributed by atoms with Crippen LogP contribution in [0, 0.1) is 0 Å². The molecule has 0 radical (unpaired) electrons. The highest BCUT2D eigenvalue weighted by atomic mass is 16.6. The minimum Gasteiger partial charge on any atom is -0.476 e. The van der Waals surface area contributed by atoms with Gasteiger partial charge in [-0.1, -0.05) is 18.2 Å². The average molecular weight is 353 g/mol. The first-order chi connectivity index (χ1) is 12.6. The number of nitrogens with one attached hydrogen (secondary N) is 1. The van der Waals surface area contributed by atoms with E-state index in [1.54, 1.807) is 43.3 Å². The lowest BCUT2D eigenvalue weighted by atomic mass is 9.89. The maximum absolute atomic E-state index is 12.6. The van der Waals surface area contributed by atoms with Gasteiger partial charge in [-0.2, -0.15) is 0 Å². The molecule has 1 N–H and O–H groups in total. The van der Waals surface area contributed by atoms with Crippen molar-refractivity contribution in [3.05, 3.63) is 74.5 Å². The zero-order valence-corrected chi connectivity index (χ0v) is 13.9. The molecule has 0 spiro atoms. The van der Waals surface area contributed by atoms with Crippen LogP contribution >= 0.6 is 0 Å². The van der Waals surface area contributed by atoms with Crippen molar-refractivity contribution in [3.63, 3.8) is 0 Å². The van der Waals surface area contributed by atoms with E-state index >= 15 is 0 Å². The van der Waals surface area contributed by atoms with Crippen LogP contribution in [0.3, 0.4) is 0 Å². The topological polar surface area (TPSA) is 98.6 Å². The van der Waals surface area contributed by atoms with Crippen molar-refractivity contribution in [2.75, 3.05) is 6.61 Å². The number of pyridine rings is 1. The lowest BCUT2D eigenvalue weighted by molar-refractivity contribution is -0.151. The van der Waals surface area contributed by atoms with E-state index in [0.29, 0.717) is 11.0 Å². The quantitative estimate of drug-likeness (QED) is 0.571. The number of esters is 1. The number of carbonyl (C=O) groups is 1. The highest BCUT2D eigenvalue weighted by Gasteiger charge is 2.46. The summed E-state index contributed by atoms with van der Waals surface area (Å²) < 4.78 is 16.3. The van der Waals surface area contributed by atoms with Crippen LogP contribution in [0.25, 0.3) is 11.0 Å². The fourth-order valence-electron chi connectivity index (χ4n) is 3.28. The van der Waals surface area contributed by atoms with E-state index in [4.69, 9.17) is 13.9 Å². The Bertz CT molecular complexity index is 1110. The van der Waals surface area contributed by atoms with Crippen molar-refractivity contribution >= 4 is 16.9 Å². The van der Waals surface area contributed by atoms with Gasteiger partial charge in [-0.3, -0.25) is 4.79 Å². The number of H-pyrrole nitrogens is 1. The van der Waals surface area contributed by atoms with E-state index in [9.17, 15) is 14.4 Å². The zero-order valence-electron chi connectivity index (χ0n) is 13.9. The maximum Gasteiger partial charge on any atom is 0.348 e. The van der Waals surface area contributed by atoms with Gasteiger partial charge in [0.15, 0.2) is 0 Å². The zero-order chi connectivity index (χ0) is 18.3. The van der Waals surface area contributed by atoms with E-state index in [2.05, 4.69) is 4.98 Å². The third-order valence-electron chi connectivity index (χ3n) is 4.36. The first-order valence-electron chi connectivity index (χ1n) is 8.18. The second-order valence-corrected chi connectivity index (χ2v) is 5.85. The summed E-state index contributed by atoms with van der Waals surface area (Å²) in [5.41, 5.74) is -0.304. The Morgan fingerprint density at radius 1 is 1.19 bits per heavy atom. The van der Waals surface area contributed by atoms with E-state index < -0.39 is 29.2 Å². The van der Waals surface area contributed by atoms with Crippen LogP contribution in [0.4, 0.5) is 0 Å². The van der Waals surface area contributed by atoms with Gasteiger partial charge >= 0.3 is 11.6 Å². The molecule has 3 heterocycles. The molecule has 0 saturated carbocycles. The molecule has 4 rings (SSSR count). The summed E-state index contributed by atoms with van der Waals surface area (Å²) in [5, 5.41) is 0.561. The van der Waals surface area contributed by atoms with Crippen LogP contribution in [-0.4, -0.2) is 23.7 Å². The van der Waals surface area contributed by atoms with Gasteiger partial charge < -0.3 is 18.9 Å². The lowest BCUT2D eigenvalue weighted by Gasteiger charge is -2.16. The van der Waals surface area contributed by atoms with Crippen molar-refractivity contribution in [1.82, 2.24) is 4.98 Å². The van der Waals surface area contributed by atoms with Crippen molar-refractivity contribution in [2.45, 2.75) is 18.9 Å². The van der Waals surface area contributed by atoms with Gasteiger partial charge in [0.05, 0.1) is 23.5 Å². The van der Waals surface area contributed by atoms with Gasteiger partial charge in [0.1, 0.15) is 11.3 Å². The molecular formula is C19H15NO6. The SMILES string of the molecule is CCOC(=O)[C@@H]1Oc2c(c(=O)oc3ccccc23)[C@H]1c1ccc[nH]c1=O. The third-order valence-corrected chi connectivity index (χ3v) is 4.36. The van der Waals surface area contributed by atoms with Gasteiger partial charge in [0.25, 0.3) is 5.56 Å². The number of benzene rings is 1. The fourth-order valence-corrected chi connectivity index (χ4v) is 3.28. The Kier molecular flexibility index (Phi) is 3.84. The summed E-state index contributed by atoms with van der Waals surface area (Å²) in [6, 6.07) is 10.1. The average Bonchev–Trinajstić information content (AvgIpc) is 3.04. The number of rotatable bonds is 3. The standard InChI is InChI=1S/C19H15NO6/c1-2-24-19(23)16-13(11-7-5-9-20-17(11)21)14-15(26-16)10-6-3-4-8-12(10)25-18(14)22/h3-9,13,16H,2H2,1H3,(H,20,21)/t13-,16-/m1/s1. The van der Waals surface area contributed by atoms with Gasteiger partial charge in [0, 0.05) is 11.8 Å². The van der Waals surface area contributed by atoms with Crippen LogP contribution in [0.15, 0.2) is 56.6 Å². The van der Waals surface area contributed by atoms with Crippen LogP contribution in [-0.2, 0) is 9.53 Å². The summed E-state index contributed by atoms with van der Waals surface area (Å²) in [5.74, 6) is -1.29. The van der Waals surface area contributed by atoms with Crippen LogP contribution in [0.2, 0.25) is 0 Å². The van der Waals surface area contributed by atoms with E-state index in [-0.39, 0.29) is 23.5 Å². The second-order valence-electron chi connectivity index (χ2n) is 5.85. The summed E-state index contributed by atoms with van der Waals surface area (Å²) in [6.07, 6.45) is 0.340. The Morgan fingerprint density at radius 2 is 2.00 bits per heavy atom. The number of hydrogen-bond acceptors (Lipinski definition) is 6. The number of para-hydroxylation sites is 1. The van der Waals surface area contributed by atoms with Gasteiger partial charge in [0.2, 0.25) is 6.10 Å². The Morgan fingerprint density at radius 3 is 2.77 bits per heavy atom. The van der Waals surface area contributed by atoms with Crippen molar-refractivity contribution < 1.29 is 18.7 Å². The molecule has 0 unspecified atom stereocenters. The first-order valence-corrected chi connectivity index (χ1v) is 8.18. The van der Waals surface area contributed by atoms with Gasteiger partial charge in [-0.05, 0) is 25.1 Å². The predicted octanol–water partition coefficient (Wildman–Crippen LogP) is 1.94. The first kappa shape index (κ1) is 16.1. The normalized spacial score (nSPS) is 18.3. The van der Waals surface area contributed by atoms with Crippen molar-refractivity contribution in [1.29, 1.82) is 0 Å². The number of carbonyl (C=O) groups excluding carboxylic acids is 1. The van der Waals surface area contributed by atoms with Crippen LogP contribution in [0.5, 0.6) is 5.75 Å². The molecule has 132 valence electrons. The largest absolute Gasteiger partial charge is 0.476 e. The van der Waals surface area contributed by atoms with E-state index in [0.717, 1.165) is 0 Å². The van der Waals surface area contributed by atoms with Gasteiger partial charge in [-0.25, -0.2) is 9.59 Å². The molecule has 7 nitrogen and oxygen atoms in total. The number of ether oxygens (including phenoxy) is 2. The molecule has 2 atom stereocenters. The molecule has 3 aromatic rings. The monoisotopic (exact) mass is 353 g/mol. The molecule has 0 amide bonds. The number of fused-ring (bicyclic) bond motifs is 3. The highest BCUT2D eigenvalue weighted by molar-refractivity contribution is 5.88. The van der Waals surface area contributed by atoms with E-state index in [1.165, 1.54) is 6.20 Å².